The molecule has 7 nitrogen and oxygen atoms in total. The van der Waals surface area contributed by atoms with Crippen LogP contribution in [0.5, 0.6) is 0 Å². The average Bonchev–Trinajstić information content (AvgIpc) is 3.23. The predicted octanol–water partition coefficient (Wildman–Crippen LogP) is 3.28. The summed E-state index contributed by atoms with van der Waals surface area (Å²) in [7, 11) is 0. The molecule has 1 aromatic carbocycles. The lowest BCUT2D eigenvalue weighted by Crippen LogP contribution is -2.41. The second-order valence-corrected chi connectivity index (χ2v) is 9.36. The Hall–Kier alpha value is -2.74. The molecule has 1 aliphatic carbocycles. The minimum absolute atomic E-state index is 0.0588. The number of hydrogen-bond acceptors (Lipinski definition) is 5. The lowest BCUT2D eigenvalue weighted by molar-refractivity contribution is -0.130. The second kappa shape index (κ2) is 8.18. The highest BCUT2D eigenvalue weighted by Gasteiger charge is 2.44. The highest BCUT2D eigenvalue weighted by atomic mass is 32.1. The van der Waals surface area contributed by atoms with Crippen molar-refractivity contribution < 1.29 is 14.4 Å². The van der Waals surface area contributed by atoms with E-state index in [0.29, 0.717) is 11.7 Å². The van der Waals surface area contributed by atoms with Gasteiger partial charge in [0.1, 0.15) is 5.54 Å². The molecule has 158 valence electrons. The van der Waals surface area contributed by atoms with E-state index in [4.69, 9.17) is 4.98 Å². The molecule has 2 heterocycles. The molecular weight excluding hydrogens is 400 g/mol. The number of carbonyl (C=O) groups is 3. The molecule has 8 heteroatoms. The summed E-state index contributed by atoms with van der Waals surface area (Å²) in [5.41, 5.74) is 1.18. The number of aryl methyl sites for hydroxylation is 2. The first-order valence-electron chi connectivity index (χ1n) is 10.3. The number of nitrogens with zero attached hydrogens (tertiary/aromatic N) is 3. The van der Waals surface area contributed by atoms with Crippen molar-refractivity contribution in [3.8, 4) is 0 Å². The van der Waals surface area contributed by atoms with Gasteiger partial charge in [0.15, 0.2) is 5.13 Å². The summed E-state index contributed by atoms with van der Waals surface area (Å²) in [6, 6.07) is 9.34. The number of aromatic nitrogens is 1. The Labute approximate surface area is 180 Å². The summed E-state index contributed by atoms with van der Waals surface area (Å²) in [4.78, 5) is 46.6. The zero-order valence-electron chi connectivity index (χ0n) is 17.3. The average molecular weight is 427 g/mol. The second-order valence-electron chi connectivity index (χ2n) is 8.30. The van der Waals surface area contributed by atoms with Gasteiger partial charge in [-0.15, -0.1) is 11.3 Å². The standard InChI is InChI=1S/C22H26N4O3S/c1-22(2)19(28)25(20(29)24-22)13-12-18(27)26(14-15-8-4-3-5-9-15)21-23-16-10-6-7-11-17(16)30-21/h3-5,8-9H,6-7,10-14H2,1-2H3,(H,24,29). The molecule has 1 aliphatic heterocycles. The molecule has 0 atom stereocenters. The molecule has 2 aliphatic rings. The van der Waals surface area contributed by atoms with Gasteiger partial charge in [0.05, 0.1) is 12.2 Å². The minimum Gasteiger partial charge on any atom is -0.324 e. The zero-order valence-corrected chi connectivity index (χ0v) is 18.1. The number of thiazole rings is 1. The minimum atomic E-state index is -0.932. The van der Waals surface area contributed by atoms with Gasteiger partial charge in [-0.1, -0.05) is 30.3 Å². The Bertz CT molecular complexity index is 947. The molecule has 1 N–H and O–H groups in total. The number of anilines is 1. The summed E-state index contributed by atoms with van der Waals surface area (Å²) < 4.78 is 0. The Balaban J connectivity index is 1.53. The molecule has 0 bridgehead atoms. The number of benzene rings is 1. The van der Waals surface area contributed by atoms with Crippen LogP contribution in [0, 0.1) is 0 Å². The van der Waals surface area contributed by atoms with Gasteiger partial charge in [0, 0.05) is 17.8 Å². The van der Waals surface area contributed by atoms with E-state index < -0.39 is 11.6 Å². The first-order chi connectivity index (χ1) is 14.3. The van der Waals surface area contributed by atoms with Gasteiger partial charge in [0.2, 0.25) is 5.91 Å². The van der Waals surface area contributed by atoms with Crippen molar-refractivity contribution in [3.63, 3.8) is 0 Å². The van der Waals surface area contributed by atoms with E-state index in [0.717, 1.165) is 41.8 Å². The van der Waals surface area contributed by atoms with Crippen LogP contribution in [0.4, 0.5) is 9.93 Å². The number of nitrogens with one attached hydrogen (secondary N) is 1. The molecule has 0 radical (unpaired) electrons. The molecule has 0 unspecified atom stereocenters. The monoisotopic (exact) mass is 426 g/mol. The molecule has 1 aromatic heterocycles. The van der Waals surface area contributed by atoms with E-state index in [9.17, 15) is 14.4 Å². The molecule has 4 amide bonds. The Morgan fingerprint density at radius 2 is 1.93 bits per heavy atom. The molecule has 2 aromatic rings. The third-order valence-corrected chi connectivity index (χ3v) is 6.72. The lowest BCUT2D eigenvalue weighted by Gasteiger charge is -2.22. The number of fused-ring (bicyclic) bond motifs is 1. The fourth-order valence-electron chi connectivity index (χ4n) is 3.85. The molecule has 4 rings (SSSR count). The van der Waals surface area contributed by atoms with Crippen LogP contribution in [0.25, 0.3) is 0 Å². The zero-order chi connectivity index (χ0) is 21.3. The summed E-state index contributed by atoms with van der Waals surface area (Å²) in [5.74, 6) is -0.449. The summed E-state index contributed by atoms with van der Waals surface area (Å²) in [6.45, 7) is 3.80. The molecule has 0 spiro atoms. The fourth-order valence-corrected chi connectivity index (χ4v) is 5.01. The van der Waals surface area contributed by atoms with Gasteiger partial charge in [-0.05, 0) is 45.1 Å². The fraction of sp³-hybridized carbons (Fsp3) is 0.455. The van der Waals surface area contributed by atoms with Crippen molar-refractivity contribution in [2.45, 2.75) is 58.0 Å². The number of rotatable bonds is 6. The number of hydrogen-bond donors (Lipinski definition) is 1. The Morgan fingerprint density at radius 1 is 1.20 bits per heavy atom. The van der Waals surface area contributed by atoms with Crippen molar-refractivity contribution >= 4 is 34.3 Å². The van der Waals surface area contributed by atoms with Gasteiger partial charge < -0.3 is 5.32 Å². The van der Waals surface area contributed by atoms with Crippen LogP contribution in [-0.4, -0.2) is 39.8 Å². The topological polar surface area (TPSA) is 82.6 Å². The van der Waals surface area contributed by atoms with E-state index in [2.05, 4.69) is 5.32 Å². The largest absolute Gasteiger partial charge is 0.325 e. The van der Waals surface area contributed by atoms with E-state index in [1.54, 1.807) is 30.1 Å². The van der Waals surface area contributed by atoms with E-state index in [1.807, 2.05) is 30.3 Å². The van der Waals surface area contributed by atoms with Gasteiger partial charge >= 0.3 is 6.03 Å². The number of amides is 4. The smallest absolute Gasteiger partial charge is 0.324 e. The molecule has 1 saturated heterocycles. The van der Waals surface area contributed by atoms with Crippen molar-refractivity contribution in [1.29, 1.82) is 0 Å². The quantitative estimate of drug-likeness (QED) is 0.719. The van der Waals surface area contributed by atoms with E-state index in [-0.39, 0.29) is 24.8 Å². The summed E-state index contributed by atoms with van der Waals surface area (Å²) >= 11 is 1.58. The maximum Gasteiger partial charge on any atom is 0.325 e. The summed E-state index contributed by atoms with van der Waals surface area (Å²) in [6.07, 6.45) is 4.31. The lowest BCUT2D eigenvalue weighted by atomic mass is 10.0. The Kier molecular flexibility index (Phi) is 5.60. The van der Waals surface area contributed by atoms with Crippen LogP contribution in [0.15, 0.2) is 30.3 Å². The van der Waals surface area contributed by atoms with E-state index >= 15 is 0 Å². The third-order valence-electron chi connectivity index (χ3n) is 5.54. The van der Waals surface area contributed by atoms with Crippen LogP contribution in [-0.2, 0) is 29.0 Å². The number of urea groups is 1. The maximum atomic E-state index is 13.2. The first-order valence-corrected chi connectivity index (χ1v) is 11.1. The highest BCUT2D eigenvalue weighted by Crippen LogP contribution is 2.33. The molecular formula is C22H26N4O3S. The van der Waals surface area contributed by atoms with Crippen molar-refractivity contribution in [3.05, 3.63) is 46.5 Å². The van der Waals surface area contributed by atoms with Crippen LogP contribution < -0.4 is 10.2 Å². The van der Waals surface area contributed by atoms with Crippen LogP contribution in [0.2, 0.25) is 0 Å². The SMILES string of the molecule is CC1(C)NC(=O)N(CCC(=O)N(Cc2ccccc2)c2nc3c(s2)CCCC3)C1=O. The van der Waals surface area contributed by atoms with Gasteiger partial charge in [-0.3, -0.25) is 19.4 Å². The number of carbonyl (C=O) groups excluding carboxylic acids is 3. The Morgan fingerprint density at radius 3 is 2.60 bits per heavy atom. The molecule has 30 heavy (non-hydrogen) atoms. The maximum absolute atomic E-state index is 13.2. The van der Waals surface area contributed by atoms with Crippen molar-refractivity contribution in [2.24, 2.45) is 0 Å². The highest BCUT2D eigenvalue weighted by molar-refractivity contribution is 7.15. The first kappa shape index (κ1) is 20.5. The van der Waals surface area contributed by atoms with Gasteiger partial charge in [-0.2, -0.15) is 0 Å². The normalized spacial score (nSPS) is 17.6. The van der Waals surface area contributed by atoms with Crippen LogP contribution in [0.3, 0.4) is 0 Å². The van der Waals surface area contributed by atoms with Crippen LogP contribution in [0.1, 0.15) is 49.2 Å². The molecule has 0 saturated carbocycles. The summed E-state index contributed by atoms with van der Waals surface area (Å²) in [5, 5.41) is 3.35. The third kappa shape index (κ3) is 4.09. The van der Waals surface area contributed by atoms with E-state index in [1.165, 1.54) is 4.88 Å². The molecule has 1 fully saturated rings. The van der Waals surface area contributed by atoms with Gasteiger partial charge in [0.25, 0.3) is 5.91 Å². The van der Waals surface area contributed by atoms with Crippen molar-refractivity contribution in [1.82, 2.24) is 15.2 Å². The van der Waals surface area contributed by atoms with Crippen molar-refractivity contribution in [2.75, 3.05) is 11.4 Å². The van der Waals surface area contributed by atoms with Gasteiger partial charge in [-0.25, -0.2) is 9.78 Å². The van der Waals surface area contributed by atoms with Crippen LogP contribution >= 0.6 is 11.3 Å². The predicted molar refractivity (Wildman–Crippen MR) is 115 cm³/mol. The number of imide groups is 1.